The molecule has 214 valence electrons. The summed E-state index contributed by atoms with van der Waals surface area (Å²) in [5.74, 6) is 1.05. The van der Waals surface area contributed by atoms with Crippen LogP contribution in [0.25, 0.3) is 0 Å². The summed E-state index contributed by atoms with van der Waals surface area (Å²) in [6, 6.07) is 25.3. The van der Waals surface area contributed by atoms with Gasteiger partial charge in [0.15, 0.2) is 0 Å². The molecular weight excluding hydrogens is 550 g/mol. The van der Waals surface area contributed by atoms with Crippen LogP contribution in [0.2, 0.25) is 0 Å². The van der Waals surface area contributed by atoms with Crippen molar-refractivity contribution in [1.82, 2.24) is 0 Å². The summed E-state index contributed by atoms with van der Waals surface area (Å²) in [6.45, 7) is 4.20. The van der Waals surface area contributed by atoms with Crippen molar-refractivity contribution in [3.8, 4) is 5.75 Å². The van der Waals surface area contributed by atoms with Gasteiger partial charge >= 0.3 is 0 Å². The summed E-state index contributed by atoms with van der Waals surface area (Å²) >= 11 is 0. The molecule has 1 aliphatic carbocycles. The summed E-state index contributed by atoms with van der Waals surface area (Å²) in [7, 11) is -3.76. The number of benzene rings is 4. The Kier molecular flexibility index (Phi) is 7.20. The molecule has 2 aliphatic rings. The van der Waals surface area contributed by atoms with Gasteiger partial charge in [0.05, 0.1) is 15.9 Å². The van der Waals surface area contributed by atoms with E-state index in [1.54, 1.807) is 24.3 Å². The molecule has 4 aromatic rings. The van der Waals surface area contributed by atoms with E-state index in [4.69, 9.17) is 4.74 Å². The molecule has 6 rings (SSSR count). The number of hydrogen-bond donors (Lipinski definition) is 2. The first-order valence-electron chi connectivity index (χ1n) is 13.8. The molecule has 4 aromatic carbocycles. The lowest BCUT2D eigenvalue weighted by atomic mass is 9.77. The van der Waals surface area contributed by atoms with E-state index in [-0.39, 0.29) is 28.5 Å². The molecule has 1 heterocycles. The van der Waals surface area contributed by atoms with Gasteiger partial charge in [0.2, 0.25) is 0 Å². The predicted octanol–water partition coefficient (Wildman–Crippen LogP) is 7.42. The summed E-state index contributed by atoms with van der Waals surface area (Å²) in [6.07, 6.45) is 5.25. The van der Waals surface area contributed by atoms with Crippen molar-refractivity contribution >= 4 is 27.1 Å². The highest BCUT2D eigenvalue weighted by Gasteiger charge is 2.38. The number of rotatable bonds is 8. The minimum Gasteiger partial charge on any atom is -0.489 e. The maximum atomic E-state index is 13.3. The van der Waals surface area contributed by atoms with E-state index in [0.29, 0.717) is 18.0 Å². The summed E-state index contributed by atoms with van der Waals surface area (Å²) in [5, 5.41) is 14.5. The topological polar surface area (TPSA) is 111 Å². The lowest BCUT2D eigenvalue weighted by molar-refractivity contribution is -0.384. The number of nitro groups is 1. The van der Waals surface area contributed by atoms with Crippen molar-refractivity contribution in [2.75, 3.05) is 10.0 Å². The molecule has 0 radical (unpaired) electrons. The van der Waals surface area contributed by atoms with Crippen LogP contribution in [0.5, 0.6) is 5.75 Å². The highest BCUT2D eigenvalue weighted by molar-refractivity contribution is 7.92. The predicted molar refractivity (Wildman–Crippen MR) is 163 cm³/mol. The van der Waals surface area contributed by atoms with Gasteiger partial charge in [-0.05, 0) is 109 Å². The van der Waals surface area contributed by atoms with Gasteiger partial charge in [-0.15, -0.1) is 0 Å². The average molecular weight is 582 g/mol. The smallest absolute Gasteiger partial charge is 0.269 e. The summed E-state index contributed by atoms with van der Waals surface area (Å²) in [4.78, 5) is 10.7. The van der Waals surface area contributed by atoms with Crippen molar-refractivity contribution in [3.05, 3.63) is 135 Å². The fraction of sp³-hybridized carbons (Fsp3) is 0.212. The molecule has 0 bridgehead atoms. The van der Waals surface area contributed by atoms with Gasteiger partial charge in [-0.3, -0.25) is 14.8 Å². The van der Waals surface area contributed by atoms with Crippen LogP contribution in [0.3, 0.4) is 0 Å². The monoisotopic (exact) mass is 581 g/mol. The quantitative estimate of drug-likeness (QED) is 0.127. The molecule has 0 amide bonds. The fourth-order valence-electron chi connectivity index (χ4n) is 5.97. The number of non-ortho nitro benzene ring substituents is 1. The van der Waals surface area contributed by atoms with Gasteiger partial charge < -0.3 is 10.1 Å². The molecule has 3 atom stereocenters. The molecule has 0 aromatic heterocycles. The number of nitro benzene ring substituents is 1. The number of hydrogen-bond acceptors (Lipinski definition) is 6. The molecule has 0 fully saturated rings. The van der Waals surface area contributed by atoms with E-state index in [0.717, 1.165) is 39.9 Å². The molecule has 0 unspecified atom stereocenters. The van der Waals surface area contributed by atoms with Crippen LogP contribution < -0.4 is 14.8 Å². The van der Waals surface area contributed by atoms with Crippen molar-refractivity contribution in [2.24, 2.45) is 5.92 Å². The zero-order valence-electron chi connectivity index (χ0n) is 23.3. The second-order valence-corrected chi connectivity index (χ2v) is 12.7. The zero-order valence-corrected chi connectivity index (χ0v) is 24.1. The molecule has 0 saturated heterocycles. The molecule has 1 aliphatic heterocycles. The number of nitrogens with one attached hydrogen (secondary N) is 2. The Morgan fingerprint density at radius 2 is 1.67 bits per heavy atom. The molecular formula is C33H31N3O5S. The Morgan fingerprint density at radius 3 is 2.36 bits per heavy atom. The molecule has 8 nitrogen and oxygen atoms in total. The number of allylic oxidation sites excluding steroid dienone is 2. The fourth-order valence-corrected chi connectivity index (χ4v) is 7.04. The van der Waals surface area contributed by atoms with Crippen molar-refractivity contribution in [1.29, 1.82) is 0 Å². The van der Waals surface area contributed by atoms with Crippen LogP contribution >= 0.6 is 0 Å². The van der Waals surface area contributed by atoms with Gasteiger partial charge in [-0.1, -0.05) is 30.4 Å². The van der Waals surface area contributed by atoms with Gasteiger partial charge in [0.1, 0.15) is 12.4 Å². The number of nitrogens with zero attached hydrogens (tertiary/aromatic N) is 1. The zero-order chi connectivity index (χ0) is 29.4. The van der Waals surface area contributed by atoms with Crippen LogP contribution in [0, 0.1) is 29.9 Å². The third kappa shape index (κ3) is 5.60. The molecule has 0 saturated carbocycles. The van der Waals surface area contributed by atoms with Crippen LogP contribution in [0.4, 0.5) is 17.1 Å². The molecule has 2 N–H and O–H groups in total. The Bertz CT molecular complexity index is 1760. The normalized spacial score (nSPS) is 19.0. The highest BCUT2D eigenvalue weighted by Crippen LogP contribution is 2.50. The SMILES string of the molecule is Cc1cc(C)cc(NS(=O)(=O)c2ccc3c(c2)[C@H]2C=CC[C@H]2[C@@H](c2ccc(OCc4ccc([N+](=O)[O-])cc4)cc2)N3)c1. The van der Waals surface area contributed by atoms with E-state index in [1.807, 2.05) is 50.2 Å². The Labute approximate surface area is 245 Å². The number of sulfonamides is 1. The lowest BCUT2D eigenvalue weighted by Gasteiger charge is -2.37. The maximum Gasteiger partial charge on any atom is 0.269 e. The first-order chi connectivity index (χ1) is 20.2. The Hall–Kier alpha value is -4.63. The van der Waals surface area contributed by atoms with Crippen LogP contribution in [-0.4, -0.2) is 13.3 Å². The average Bonchev–Trinajstić information content (AvgIpc) is 3.46. The van der Waals surface area contributed by atoms with E-state index >= 15 is 0 Å². The molecule has 0 spiro atoms. The van der Waals surface area contributed by atoms with E-state index in [2.05, 4.69) is 34.3 Å². The summed E-state index contributed by atoms with van der Waals surface area (Å²) < 4.78 is 35.3. The molecule has 42 heavy (non-hydrogen) atoms. The van der Waals surface area contributed by atoms with Gasteiger partial charge in [-0.25, -0.2) is 8.42 Å². The van der Waals surface area contributed by atoms with Crippen molar-refractivity contribution in [2.45, 2.75) is 43.7 Å². The van der Waals surface area contributed by atoms with Gasteiger partial charge in [0.25, 0.3) is 15.7 Å². The van der Waals surface area contributed by atoms with E-state index < -0.39 is 14.9 Å². The standard InChI is InChI=1S/C33H31N3O5S/c1-21-16-22(2)18-25(17-21)35-42(39,40)28-14-15-32-31(19-28)29-4-3-5-30(29)33(34-32)24-8-12-27(13-9-24)41-20-23-6-10-26(11-7-23)36(37)38/h3-4,6-19,29-30,33-35H,5,20H2,1-2H3/t29-,30+,33+/m0/s1. The van der Waals surface area contributed by atoms with Crippen molar-refractivity contribution < 1.29 is 18.1 Å². The van der Waals surface area contributed by atoms with Gasteiger partial charge in [-0.2, -0.15) is 0 Å². The minimum atomic E-state index is -3.76. The first kappa shape index (κ1) is 27.5. The third-order valence-electron chi connectivity index (χ3n) is 7.91. The second-order valence-electron chi connectivity index (χ2n) is 11.0. The first-order valence-corrected chi connectivity index (χ1v) is 15.3. The largest absolute Gasteiger partial charge is 0.489 e. The van der Waals surface area contributed by atoms with E-state index in [9.17, 15) is 18.5 Å². The van der Waals surface area contributed by atoms with Crippen LogP contribution in [0.15, 0.2) is 102 Å². The Balaban J connectivity index is 1.18. The number of aryl methyl sites for hydroxylation is 2. The number of fused-ring (bicyclic) bond motifs is 3. The highest BCUT2D eigenvalue weighted by atomic mass is 32.2. The van der Waals surface area contributed by atoms with Crippen LogP contribution in [-0.2, 0) is 16.6 Å². The lowest BCUT2D eigenvalue weighted by Crippen LogP contribution is -2.29. The summed E-state index contributed by atoms with van der Waals surface area (Å²) in [5.41, 5.74) is 6.48. The number of anilines is 2. The maximum absolute atomic E-state index is 13.3. The van der Waals surface area contributed by atoms with Crippen molar-refractivity contribution in [3.63, 3.8) is 0 Å². The Morgan fingerprint density at radius 1 is 0.952 bits per heavy atom. The molecule has 9 heteroatoms. The second kappa shape index (κ2) is 11.0. The number of ether oxygens (including phenoxy) is 1. The van der Waals surface area contributed by atoms with Gasteiger partial charge in [0, 0.05) is 29.4 Å². The van der Waals surface area contributed by atoms with E-state index in [1.165, 1.54) is 12.1 Å². The minimum absolute atomic E-state index is 0.0520. The third-order valence-corrected chi connectivity index (χ3v) is 9.29. The van der Waals surface area contributed by atoms with Crippen LogP contribution in [0.1, 0.15) is 46.2 Å².